The number of aromatic nitrogens is 1. The lowest BCUT2D eigenvalue weighted by atomic mass is 10.1. The molecule has 2 unspecified atom stereocenters. The van der Waals surface area contributed by atoms with Gasteiger partial charge in [0.25, 0.3) is 0 Å². The first kappa shape index (κ1) is 9.42. The van der Waals surface area contributed by atoms with Crippen LogP contribution in [0.1, 0.15) is 18.6 Å². The highest BCUT2D eigenvalue weighted by Gasteiger charge is 2.32. The zero-order valence-electron chi connectivity index (χ0n) is 9.52. The molecule has 1 aliphatic heterocycles. The molecule has 1 fully saturated rings. The summed E-state index contributed by atoms with van der Waals surface area (Å²) in [5, 5.41) is 3.54. The zero-order valence-corrected chi connectivity index (χ0v) is 9.52. The summed E-state index contributed by atoms with van der Waals surface area (Å²) < 4.78 is 5.86. The van der Waals surface area contributed by atoms with Crippen LogP contribution in [0.5, 0.6) is 0 Å². The van der Waals surface area contributed by atoms with Crippen molar-refractivity contribution in [3.8, 4) is 0 Å². The molecule has 0 radical (unpaired) electrons. The van der Waals surface area contributed by atoms with Gasteiger partial charge in [-0.05, 0) is 43.0 Å². The number of furan rings is 1. The van der Waals surface area contributed by atoms with Gasteiger partial charge in [0.1, 0.15) is 11.3 Å². The van der Waals surface area contributed by atoms with Crippen molar-refractivity contribution in [3.63, 3.8) is 0 Å². The monoisotopic (exact) mass is 226 g/mol. The Bertz CT molecular complexity index is 566. The van der Waals surface area contributed by atoms with E-state index < -0.39 is 0 Å². The summed E-state index contributed by atoms with van der Waals surface area (Å²) in [6.45, 7) is 1.15. The molecule has 0 amide bonds. The number of nitrogens with one attached hydrogen (secondary N) is 1. The molecule has 2 aliphatic rings. The van der Waals surface area contributed by atoms with E-state index in [2.05, 4.69) is 22.4 Å². The van der Waals surface area contributed by atoms with Crippen molar-refractivity contribution in [1.29, 1.82) is 0 Å². The lowest BCUT2D eigenvalue weighted by molar-refractivity contribution is 0.555. The molecule has 0 saturated carbocycles. The second-order valence-corrected chi connectivity index (χ2v) is 4.91. The number of hydrogen-bond acceptors (Lipinski definition) is 3. The standard InChI is InChI=1S/C14H14N2O/c1-2-13-12(15-4-1)8-14(17-13)10-6-9-3-5-16-11(9)7-10/h1-2,4,6,8-9,11,16H,3,5,7H2. The van der Waals surface area contributed by atoms with Gasteiger partial charge in [-0.15, -0.1) is 0 Å². The van der Waals surface area contributed by atoms with Gasteiger partial charge in [-0.3, -0.25) is 4.98 Å². The summed E-state index contributed by atoms with van der Waals surface area (Å²) in [5.41, 5.74) is 3.17. The largest absolute Gasteiger partial charge is 0.455 e. The van der Waals surface area contributed by atoms with Crippen LogP contribution >= 0.6 is 0 Å². The quantitative estimate of drug-likeness (QED) is 0.812. The molecule has 2 aromatic heterocycles. The maximum absolute atomic E-state index is 5.86. The van der Waals surface area contributed by atoms with Crippen LogP contribution in [0.2, 0.25) is 0 Å². The normalized spacial score (nSPS) is 27.4. The molecule has 2 atom stereocenters. The van der Waals surface area contributed by atoms with Crippen molar-refractivity contribution >= 4 is 16.7 Å². The Morgan fingerprint density at radius 3 is 3.29 bits per heavy atom. The highest BCUT2D eigenvalue weighted by molar-refractivity contribution is 5.79. The lowest BCUT2D eigenvalue weighted by Gasteiger charge is -2.07. The van der Waals surface area contributed by atoms with Crippen LogP contribution in [0.3, 0.4) is 0 Å². The number of pyridine rings is 1. The summed E-state index contributed by atoms with van der Waals surface area (Å²) in [6, 6.07) is 6.57. The highest BCUT2D eigenvalue weighted by Crippen LogP contribution is 2.37. The molecule has 1 aliphatic carbocycles. The van der Waals surface area contributed by atoms with Crippen LogP contribution < -0.4 is 5.32 Å². The minimum absolute atomic E-state index is 0.631. The van der Waals surface area contributed by atoms with E-state index in [1.54, 1.807) is 6.20 Å². The average molecular weight is 226 g/mol. The Labute approximate surface area is 99.5 Å². The molecule has 3 nitrogen and oxygen atoms in total. The first-order valence-electron chi connectivity index (χ1n) is 6.19. The minimum Gasteiger partial charge on any atom is -0.455 e. The topological polar surface area (TPSA) is 38.1 Å². The van der Waals surface area contributed by atoms with Crippen molar-refractivity contribution in [2.45, 2.75) is 18.9 Å². The highest BCUT2D eigenvalue weighted by atomic mass is 16.3. The molecule has 1 N–H and O–H groups in total. The average Bonchev–Trinajstić information content (AvgIpc) is 3.01. The van der Waals surface area contributed by atoms with Crippen LogP contribution in [0.25, 0.3) is 16.7 Å². The molecule has 86 valence electrons. The minimum atomic E-state index is 0.631. The summed E-state index contributed by atoms with van der Waals surface area (Å²) in [4.78, 5) is 4.31. The molecule has 3 heterocycles. The third kappa shape index (κ3) is 1.42. The number of rotatable bonds is 1. The van der Waals surface area contributed by atoms with Crippen molar-refractivity contribution in [1.82, 2.24) is 10.3 Å². The number of fused-ring (bicyclic) bond motifs is 2. The molecule has 4 rings (SSSR count). The zero-order chi connectivity index (χ0) is 11.2. The van der Waals surface area contributed by atoms with Gasteiger partial charge in [-0.1, -0.05) is 6.08 Å². The maximum atomic E-state index is 5.86. The van der Waals surface area contributed by atoms with Gasteiger partial charge in [0.2, 0.25) is 0 Å². The second-order valence-electron chi connectivity index (χ2n) is 4.91. The van der Waals surface area contributed by atoms with E-state index in [9.17, 15) is 0 Å². The Kier molecular flexibility index (Phi) is 1.91. The van der Waals surface area contributed by atoms with E-state index in [4.69, 9.17) is 4.42 Å². The fourth-order valence-corrected chi connectivity index (χ4v) is 2.98. The molecule has 0 bridgehead atoms. The fourth-order valence-electron chi connectivity index (χ4n) is 2.98. The molecule has 0 aromatic carbocycles. The maximum Gasteiger partial charge on any atom is 0.153 e. The van der Waals surface area contributed by atoms with Crippen molar-refractivity contribution < 1.29 is 4.42 Å². The van der Waals surface area contributed by atoms with Crippen LogP contribution in [0, 0.1) is 5.92 Å². The summed E-state index contributed by atoms with van der Waals surface area (Å²) in [6.07, 6.45) is 6.53. The first-order chi connectivity index (χ1) is 8.40. The van der Waals surface area contributed by atoms with Gasteiger partial charge in [0, 0.05) is 18.3 Å². The molecular formula is C14H14N2O. The third-order valence-corrected chi connectivity index (χ3v) is 3.86. The van der Waals surface area contributed by atoms with E-state index in [1.807, 2.05) is 12.1 Å². The molecule has 1 saturated heterocycles. The van der Waals surface area contributed by atoms with Gasteiger partial charge < -0.3 is 9.73 Å². The Hall–Kier alpha value is -1.61. The smallest absolute Gasteiger partial charge is 0.153 e. The van der Waals surface area contributed by atoms with Gasteiger partial charge >= 0.3 is 0 Å². The van der Waals surface area contributed by atoms with Crippen LogP contribution in [-0.4, -0.2) is 17.6 Å². The van der Waals surface area contributed by atoms with Crippen LogP contribution in [0.15, 0.2) is 34.9 Å². The molecular weight excluding hydrogens is 212 g/mol. The lowest BCUT2D eigenvalue weighted by Crippen LogP contribution is -2.22. The fraction of sp³-hybridized carbons (Fsp3) is 0.357. The van der Waals surface area contributed by atoms with Gasteiger partial charge in [-0.25, -0.2) is 0 Å². The van der Waals surface area contributed by atoms with E-state index in [-0.39, 0.29) is 0 Å². The Morgan fingerprint density at radius 2 is 2.41 bits per heavy atom. The van der Waals surface area contributed by atoms with Crippen molar-refractivity contribution in [2.75, 3.05) is 6.54 Å². The SMILES string of the molecule is C1=C(c2cc3ncccc3o2)CC2NCCC12. The second kappa shape index (κ2) is 3.44. The summed E-state index contributed by atoms with van der Waals surface area (Å²) in [7, 11) is 0. The van der Waals surface area contributed by atoms with Gasteiger partial charge in [0.15, 0.2) is 5.58 Å². The number of hydrogen-bond donors (Lipinski definition) is 1. The molecule has 2 aromatic rings. The van der Waals surface area contributed by atoms with Gasteiger partial charge in [0.05, 0.1) is 0 Å². The van der Waals surface area contributed by atoms with Crippen molar-refractivity contribution in [2.24, 2.45) is 5.92 Å². The molecule has 3 heteroatoms. The van der Waals surface area contributed by atoms with Crippen LogP contribution in [0.4, 0.5) is 0 Å². The Morgan fingerprint density at radius 1 is 1.41 bits per heavy atom. The van der Waals surface area contributed by atoms with E-state index in [0.717, 1.165) is 29.8 Å². The molecule has 0 spiro atoms. The van der Waals surface area contributed by atoms with E-state index in [0.29, 0.717) is 12.0 Å². The van der Waals surface area contributed by atoms with Crippen molar-refractivity contribution in [3.05, 3.63) is 36.2 Å². The van der Waals surface area contributed by atoms with E-state index in [1.165, 1.54) is 12.0 Å². The number of nitrogens with zero attached hydrogens (tertiary/aromatic N) is 1. The predicted octanol–water partition coefficient (Wildman–Crippen LogP) is 2.59. The summed E-state index contributed by atoms with van der Waals surface area (Å²) >= 11 is 0. The van der Waals surface area contributed by atoms with E-state index >= 15 is 0 Å². The Balaban J connectivity index is 1.75. The predicted molar refractivity (Wildman–Crippen MR) is 66.5 cm³/mol. The summed E-state index contributed by atoms with van der Waals surface area (Å²) in [5.74, 6) is 1.70. The van der Waals surface area contributed by atoms with Crippen LogP contribution in [-0.2, 0) is 0 Å². The molecule has 17 heavy (non-hydrogen) atoms. The first-order valence-corrected chi connectivity index (χ1v) is 6.19. The third-order valence-electron chi connectivity index (χ3n) is 3.86. The van der Waals surface area contributed by atoms with Gasteiger partial charge in [-0.2, -0.15) is 0 Å².